The van der Waals surface area contributed by atoms with Gasteiger partial charge in [0.2, 0.25) is 0 Å². The Morgan fingerprint density at radius 2 is 1.33 bits per heavy atom. The number of nitrogens with zero attached hydrogens (tertiary/aromatic N) is 1. The maximum Gasteiger partial charge on any atom is 1.00 e. The third-order valence-corrected chi connectivity index (χ3v) is 0.566. The van der Waals surface area contributed by atoms with Gasteiger partial charge in [0.05, 0.1) is 0 Å². The largest absolute Gasteiger partial charge is 1.00 e. The Labute approximate surface area is 113 Å². The van der Waals surface area contributed by atoms with Gasteiger partial charge in [0.15, 0.2) is 0 Å². The van der Waals surface area contributed by atoms with Crippen molar-refractivity contribution in [3.63, 3.8) is 0 Å². The fourth-order valence-corrected chi connectivity index (χ4v) is 0.313. The zero-order chi connectivity index (χ0) is 4.24. The molecule has 0 radical (unpaired) electrons. The number of hydrogen-bond acceptors (Lipinski definition) is 1. The topological polar surface area (TPSA) is 12.9 Å². The molecule has 0 aromatic carbocycles. The third-order valence-electron chi connectivity index (χ3n) is 0.566. The second kappa shape index (κ2) is 12.2. The molecule has 0 fully saturated rings. The van der Waals surface area contributed by atoms with Crippen LogP contribution in [0.15, 0.2) is 30.6 Å². The van der Waals surface area contributed by atoms with Gasteiger partial charge in [-0.2, -0.15) is 0 Å². The van der Waals surface area contributed by atoms with Crippen molar-refractivity contribution in [2.45, 2.75) is 0 Å². The minimum Gasteiger partial charge on any atom is -1.00 e. The Morgan fingerprint density at radius 1 is 0.889 bits per heavy atom. The smallest absolute Gasteiger partial charge is 1.00 e. The molecule has 0 atom stereocenters. The molecular weight excluding hydrogens is 259 g/mol. The van der Waals surface area contributed by atoms with Gasteiger partial charge in [-0.15, -0.1) is 0 Å². The van der Waals surface area contributed by atoms with Crippen molar-refractivity contribution in [2.75, 3.05) is 0 Å². The van der Waals surface area contributed by atoms with Gasteiger partial charge < -0.3 is 24.0 Å². The molecule has 0 amide bonds. The van der Waals surface area contributed by atoms with Crippen LogP contribution < -0.4 is 75.4 Å². The summed E-state index contributed by atoms with van der Waals surface area (Å²) in [5, 5.41) is 0. The number of rotatable bonds is 0. The summed E-state index contributed by atoms with van der Waals surface area (Å²) < 4.78 is 0. The van der Waals surface area contributed by atoms with Gasteiger partial charge in [0.1, 0.15) is 0 Å². The van der Waals surface area contributed by atoms with Crippen LogP contribution >= 0.6 is 0 Å². The van der Waals surface area contributed by atoms with Crippen LogP contribution in [0.5, 0.6) is 0 Å². The Kier molecular flexibility index (Phi) is 22.7. The fraction of sp³-hybridized carbons (Fsp3) is 0. The molecule has 1 aromatic rings. The van der Waals surface area contributed by atoms with Gasteiger partial charge in [-0.1, -0.05) is 6.07 Å². The van der Waals surface area contributed by atoms with Crippen LogP contribution in [0.4, 0.5) is 4.70 Å². The molecule has 9 heavy (non-hydrogen) atoms. The predicted octanol–water partition coefficient (Wildman–Crippen LogP) is -4.76. The quantitative estimate of drug-likeness (QED) is 0.339. The maximum absolute atomic E-state index is 3.78. The monoisotopic (exact) mass is 265 g/mol. The van der Waals surface area contributed by atoms with Crippen molar-refractivity contribution in [3.05, 3.63) is 30.6 Å². The number of halogens is 2. The van der Waals surface area contributed by atoms with Crippen molar-refractivity contribution in [2.24, 2.45) is 0 Å². The minimum absolute atomic E-state index is 0. The van der Waals surface area contributed by atoms with Crippen molar-refractivity contribution in [1.82, 2.24) is 4.98 Å². The first kappa shape index (κ1) is 16.8. The van der Waals surface area contributed by atoms with E-state index in [1.165, 1.54) is 0 Å². The zero-order valence-electron chi connectivity index (χ0n) is 5.12. The standard InChI is InChI=1S/C5H5N.FH.HI.K/c1-2-4-6-5-3-1;;;/h1-5H;2*1H;/q;;;+1/p-1. The van der Waals surface area contributed by atoms with Gasteiger partial charge >= 0.3 is 51.4 Å². The van der Waals surface area contributed by atoms with Crippen molar-refractivity contribution >= 4 is 0 Å². The molecule has 0 aliphatic rings. The molecule has 0 spiro atoms. The Hall–Kier alpha value is 1.45. The van der Waals surface area contributed by atoms with Crippen LogP contribution in [0.3, 0.4) is 0 Å². The van der Waals surface area contributed by atoms with E-state index in [1.807, 2.05) is 18.2 Å². The molecule has 1 nitrogen and oxygen atoms in total. The van der Waals surface area contributed by atoms with Gasteiger partial charge in [-0.05, 0) is 12.1 Å². The van der Waals surface area contributed by atoms with E-state index in [4.69, 9.17) is 0 Å². The second-order valence-corrected chi connectivity index (χ2v) is 1.02. The number of aromatic nitrogens is 1. The summed E-state index contributed by atoms with van der Waals surface area (Å²) in [4.78, 5) is 3.78. The molecule has 4 heteroatoms. The summed E-state index contributed by atoms with van der Waals surface area (Å²) >= 11 is 0. The molecule has 0 unspecified atom stereocenters. The van der Waals surface area contributed by atoms with Crippen LogP contribution in [0.25, 0.3) is 0 Å². The van der Waals surface area contributed by atoms with E-state index in [0.29, 0.717) is 0 Å². The van der Waals surface area contributed by atoms with E-state index < -0.39 is 0 Å². The summed E-state index contributed by atoms with van der Waals surface area (Å²) in [6, 6.07) is 5.72. The molecule has 1 rings (SSSR count). The van der Waals surface area contributed by atoms with Crippen LogP contribution in [0.2, 0.25) is 0 Å². The average molecular weight is 265 g/mol. The van der Waals surface area contributed by atoms with E-state index in [0.717, 1.165) is 0 Å². The van der Waals surface area contributed by atoms with E-state index >= 15 is 0 Å². The van der Waals surface area contributed by atoms with Crippen LogP contribution in [0.1, 0.15) is 0 Å². The first-order chi connectivity index (χ1) is 3.00. The fourth-order valence-electron chi connectivity index (χ4n) is 0.313. The second-order valence-electron chi connectivity index (χ2n) is 1.02. The molecule has 1 aromatic heterocycles. The molecule has 1 heterocycles. The summed E-state index contributed by atoms with van der Waals surface area (Å²) in [5.41, 5.74) is 0. The summed E-state index contributed by atoms with van der Waals surface area (Å²) in [5.74, 6) is 0. The third kappa shape index (κ3) is 9.45. The normalized spacial score (nSPS) is 5.33. The average Bonchev–Trinajstić information content (AvgIpc) is 1.72. The van der Waals surface area contributed by atoms with E-state index in [1.54, 1.807) is 12.4 Å². The molecule has 0 N–H and O–H groups in total. The molecular formula is C5H6FIKN. The SMILES string of the molecule is F.[I-].[K+].c1ccncc1. The van der Waals surface area contributed by atoms with E-state index in [2.05, 4.69) is 4.98 Å². The van der Waals surface area contributed by atoms with Crippen LogP contribution in [-0.2, 0) is 0 Å². The zero-order valence-corrected chi connectivity index (χ0v) is 10.4. The number of pyridine rings is 1. The molecule has 46 valence electrons. The van der Waals surface area contributed by atoms with Gasteiger partial charge in [-0.3, -0.25) is 9.69 Å². The number of hydrogen-bond donors (Lipinski definition) is 0. The molecule has 0 aliphatic heterocycles. The van der Waals surface area contributed by atoms with Gasteiger partial charge in [-0.25, -0.2) is 0 Å². The summed E-state index contributed by atoms with van der Waals surface area (Å²) in [6.07, 6.45) is 3.50. The Bertz CT molecular complexity index is 88.9. The summed E-state index contributed by atoms with van der Waals surface area (Å²) in [6.45, 7) is 0. The van der Waals surface area contributed by atoms with E-state index in [9.17, 15) is 0 Å². The summed E-state index contributed by atoms with van der Waals surface area (Å²) in [7, 11) is 0. The van der Waals surface area contributed by atoms with Crippen LogP contribution in [-0.4, -0.2) is 4.98 Å². The predicted molar refractivity (Wildman–Crippen MR) is 26.7 cm³/mol. The first-order valence-corrected chi connectivity index (χ1v) is 1.85. The van der Waals surface area contributed by atoms with Gasteiger partial charge in [0, 0.05) is 12.4 Å². The molecule has 0 bridgehead atoms. The van der Waals surface area contributed by atoms with Gasteiger partial charge in [0.25, 0.3) is 0 Å². The van der Waals surface area contributed by atoms with Crippen molar-refractivity contribution in [1.29, 1.82) is 0 Å². The van der Waals surface area contributed by atoms with Crippen molar-refractivity contribution in [3.8, 4) is 0 Å². The maximum atomic E-state index is 3.78. The molecule has 0 aliphatic carbocycles. The molecule has 0 saturated carbocycles. The van der Waals surface area contributed by atoms with E-state index in [-0.39, 0.29) is 80.1 Å². The first-order valence-electron chi connectivity index (χ1n) is 1.85. The Balaban J connectivity index is -0.000000120. The Morgan fingerprint density at radius 3 is 1.44 bits per heavy atom. The van der Waals surface area contributed by atoms with Crippen LogP contribution in [0, 0.1) is 0 Å². The minimum atomic E-state index is 0. The van der Waals surface area contributed by atoms with Crippen molar-refractivity contribution < 1.29 is 80.1 Å². The molecule has 0 saturated heterocycles.